The highest BCUT2D eigenvalue weighted by molar-refractivity contribution is 5.97. The summed E-state index contributed by atoms with van der Waals surface area (Å²) in [4.78, 5) is 35.0. The molecule has 0 saturated heterocycles. The fourth-order valence-electron chi connectivity index (χ4n) is 2.15. The van der Waals surface area contributed by atoms with Crippen molar-refractivity contribution in [3.05, 3.63) is 29.8 Å². The van der Waals surface area contributed by atoms with Gasteiger partial charge in [-0.2, -0.15) is 0 Å². The Morgan fingerprint density at radius 3 is 2.60 bits per heavy atom. The first-order chi connectivity index (χ1) is 9.49. The van der Waals surface area contributed by atoms with Crippen molar-refractivity contribution in [3.8, 4) is 0 Å². The number of carbonyl (C=O) groups is 3. The Morgan fingerprint density at radius 2 is 1.95 bits per heavy atom. The van der Waals surface area contributed by atoms with Crippen LogP contribution in [0.2, 0.25) is 0 Å². The van der Waals surface area contributed by atoms with Gasteiger partial charge in [-0.1, -0.05) is 18.2 Å². The van der Waals surface area contributed by atoms with E-state index in [0.29, 0.717) is 13.0 Å². The van der Waals surface area contributed by atoms with Gasteiger partial charge in [0.2, 0.25) is 0 Å². The molecule has 2 amide bonds. The SMILES string of the molecule is O=C(O)C[C@H](NC(=O)N1CCc2ccccc21)C(=O)O. The highest BCUT2D eigenvalue weighted by Gasteiger charge is 2.29. The molecule has 1 aliphatic rings. The summed E-state index contributed by atoms with van der Waals surface area (Å²) in [5, 5.41) is 19.8. The van der Waals surface area contributed by atoms with Gasteiger partial charge in [-0.25, -0.2) is 9.59 Å². The number of carbonyl (C=O) groups excluding carboxylic acids is 1. The molecule has 20 heavy (non-hydrogen) atoms. The lowest BCUT2D eigenvalue weighted by atomic mass is 10.2. The number of anilines is 1. The normalized spacial score (nSPS) is 14.5. The minimum Gasteiger partial charge on any atom is -0.481 e. The fourth-order valence-corrected chi connectivity index (χ4v) is 2.15. The Bertz CT molecular complexity index is 557. The summed E-state index contributed by atoms with van der Waals surface area (Å²) >= 11 is 0. The average molecular weight is 278 g/mol. The summed E-state index contributed by atoms with van der Waals surface area (Å²) in [5.74, 6) is -2.65. The molecular weight excluding hydrogens is 264 g/mol. The Balaban J connectivity index is 2.09. The third-order valence-corrected chi connectivity index (χ3v) is 3.11. The van der Waals surface area contributed by atoms with E-state index < -0.39 is 30.4 Å². The van der Waals surface area contributed by atoms with Crippen LogP contribution in [0.3, 0.4) is 0 Å². The van der Waals surface area contributed by atoms with Gasteiger partial charge < -0.3 is 15.5 Å². The van der Waals surface area contributed by atoms with E-state index in [1.165, 1.54) is 4.90 Å². The van der Waals surface area contributed by atoms with Gasteiger partial charge in [-0.3, -0.25) is 9.69 Å². The molecule has 7 heteroatoms. The molecule has 3 N–H and O–H groups in total. The molecule has 0 bridgehead atoms. The number of fused-ring (bicyclic) bond motifs is 1. The van der Waals surface area contributed by atoms with Crippen LogP contribution >= 0.6 is 0 Å². The van der Waals surface area contributed by atoms with Gasteiger partial charge in [0.15, 0.2) is 0 Å². The second kappa shape index (κ2) is 5.60. The predicted octanol–water partition coefficient (Wildman–Crippen LogP) is 0.687. The van der Waals surface area contributed by atoms with Gasteiger partial charge in [-0.05, 0) is 18.1 Å². The molecule has 0 saturated carbocycles. The predicted molar refractivity (Wildman–Crippen MR) is 69.7 cm³/mol. The minimum atomic E-state index is -1.44. The zero-order valence-corrected chi connectivity index (χ0v) is 10.6. The molecule has 0 unspecified atom stereocenters. The van der Waals surface area contributed by atoms with Gasteiger partial charge in [-0.15, -0.1) is 0 Å². The molecule has 0 aliphatic carbocycles. The summed E-state index contributed by atoms with van der Waals surface area (Å²) in [6, 6.07) is 5.29. The molecule has 106 valence electrons. The number of nitrogens with one attached hydrogen (secondary N) is 1. The van der Waals surface area contributed by atoms with E-state index >= 15 is 0 Å². The van der Waals surface area contributed by atoms with Crippen molar-refractivity contribution in [1.82, 2.24) is 5.32 Å². The third-order valence-electron chi connectivity index (χ3n) is 3.11. The molecule has 0 fully saturated rings. The molecule has 1 aromatic rings. The lowest BCUT2D eigenvalue weighted by Gasteiger charge is -2.20. The fraction of sp³-hybridized carbons (Fsp3) is 0.308. The molecule has 1 aromatic carbocycles. The summed E-state index contributed by atoms with van der Waals surface area (Å²) in [5.41, 5.74) is 1.73. The number of carboxylic acids is 2. The number of urea groups is 1. The monoisotopic (exact) mass is 278 g/mol. The van der Waals surface area contributed by atoms with Crippen molar-refractivity contribution < 1.29 is 24.6 Å². The maximum Gasteiger partial charge on any atom is 0.326 e. The number of rotatable bonds is 4. The molecule has 0 spiro atoms. The van der Waals surface area contributed by atoms with Crippen LogP contribution in [0.5, 0.6) is 0 Å². The van der Waals surface area contributed by atoms with E-state index in [0.717, 1.165) is 11.3 Å². The number of para-hydroxylation sites is 1. The lowest BCUT2D eigenvalue weighted by Crippen LogP contribution is -2.48. The highest BCUT2D eigenvalue weighted by atomic mass is 16.4. The molecule has 1 atom stereocenters. The summed E-state index contributed by atoms with van der Waals surface area (Å²) in [6.45, 7) is 0.449. The van der Waals surface area contributed by atoms with Gasteiger partial charge in [0.1, 0.15) is 6.04 Å². The second-order valence-corrected chi connectivity index (χ2v) is 4.47. The zero-order valence-electron chi connectivity index (χ0n) is 10.6. The first-order valence-corrected chi connectivity index (χ1v) is 6.09. The van der Waals surface area contributed by atoms with E-state index in [2.05, 4.69) is 5.32 Å². The van der Waals surface area contributed by atoms with Crippen molar-refractivity contribution >= 4 is 23.7 Å². The van der Waals surface area contributed by atoms with Gasteiger partial charge in [0, 0.05) is 12.2 Å². The lowest BCUT2D eigenvalue weighted by molar-refractivity contribution is -0.145. The first kappa shape index (κ1) is 13.9. The standard InChI is InChI=1S/C13H14N2O5/c16-11(17)7-9(12(18)19)14-13(20)15-6-5-8-3-1-2-4-10(8)15/h1-4,9H,5-7H2,(H,14,20)(H,16,17)(H,18,19)/t9-/m0/s1. The van der Waals surface area contributed by atoms with Crippen LogP contribution in [-0.2, 0) is 16.0 Å². The highest BCUT2D eigenvalue weighted by Crippen LogP contribution is 2.27. The minimum absolute atomic E-state index is 0.449. The van der Waals surface area contributed by atoms with Crippen molar-refractivity contribution in [2.24, 2.45) is 0 Å². The largest absolute Gasteiger partial charge is 0.481 e. The summed E-state index contributed by atoms with van der Waals surface area (Å²) in [6.07, 6.45) is 0.0385. The smallest absolute Gasteiger partial charge is 0.326 e. The molecular formula is C13H14N2O5. The van der Waals surface area contributed by atoms with E-state index in [9.17, 15) is 14.4 Å². The van der Waals surface area contributed by atoms with Crippen LogP contribution in [0.25, 0.3) is 0 Å². The Hall–Kier alpha value is -2.57. The number of aliphatic carboxylic acids is 2. The molecule has 0 aromatic heterocycles. The number of benzene rings is 1. The number of hydrogen-bond acceptors (Lipinski definition) is 3. The molecule has 1 heterocycles. The van der Waals surface area contributed by atoms with E-state index in [4.69, 9.17) is 10.2 Å². The first-order valence-electron chi connectivity index (χ1n) is 6.09. The van der Waals surface area contributed by atoms with E-state index in [1.54, 1.807) is 12.1 Å². The Morgan fingerprint density at radius 1 is 1.25 bits per heavy atom. The number of carboxylic acid groups (broad SMARTS) is 2. The number of hydrogen-bond donors (Lipinski definition) is 3. The summed E-state index contributed by atoms with van der Waals surface area (Å²) < 4.78 is 0. The van der Waals surface area contributed by atoms with Crippen LogP contribution in [0.1, 0.15) is 12.0 Å². The van der Waals surface area contributed by atoms with Crippen LogP contribution in [-0.4, -0.2) is 40.8 Å². The van der Waals surface area contributed by atoms with Gasteiger partial charge in [0.25, 0.3) is 0 Å². The van der Waals surface area contributed by atoms with Crippen LogP contribution in [0, 0.1) is 0 Å². The molecule has 2 rings (SSSR count). The van der Waals surface area contributed by atoms with E-state index in [1.807, 2.05) is 12.1 Å². The topological polar surface area (TPSA) is 107 Å². The summed E-state index contributed by atoms with van der Waals surface area (Å²) in [7, 11) is 0. The Kier molecular flexibility index (Phi) is 3.88. The quantitative estimate of drug-likeness (QED) is 0.751. The number of amides is 2. The van der Waals surface area contributed by atoms with Crippen LogP contribution in [0.15, 0.2) is 24.3 Å². The van der Waals surface area contributed by atoms with Crippen molar-refractivity contribution in [3.63, 3.8) is 0 Å². The van der Waals surface area contributed by atoms with Crippen LogP contribution in [0.4, 0.5) is 10.5 Å². The van der Waals surface area contributed by atoms with Crippen molar-refractivity contribution in [2.45, 2.75) is 18.9 Å². The van der Waals surface area contributed by atoms with E-state index in [-0.39, 0.29) is 0 Å². The second-order valence-electron chi connectivity index (χ2n) is 4.47. The maximum absolute atomic E-state index is 12.1. The average Bonchev–Trinajstić information content (AvgIpc) is 2.81. The molecule has 0 radical (unpaired) electrons. The van der Waals surface area contributed by atoms with Gasteiger partial charge >= 0.3 is 18.0 Å². The molecule has 1 aliphatic heterocycles. The Labute approximate surface area is 114 Å². The van der Waals surface area contributed by atoms with Crippen molar-refractivity contribution in [1.29, 1.82) is 0 Å². The van der Waals surface area contributed by atoms with Crippen molar-refractivity contribution in [2.75, 3.05) is 11.4 Å². The number of nitrogens with zero attached hydrogens (tertiary/aromatic N) is 1. The molecule has 7 nitrogen and oxygen atoms in total. The van der Waals surface area contributed by atoms with Crippen LogP contribution < -0.4 is 10.2 Å². The third kappa shape index (κ3) is 2.87. The maximum atomic E-state index is 12.1. The van der Waals surface area contributed by atoms with Gasteiger partial charge in [0.05, 0.1) is 6.42 Å². The zero-order chi connectivity index (χ0) is 14.7.